The van der Waals surface area contributed by atoms with E-state index in [2.05, 4.69) is 27.2 Å². The summed E-state index contributed by atoms with van der Waals surface area (Å²) in [6, 6.07) is 0.304. The van der Waals surface area contributed by atoms with E-state index in [1.807, 2.05) is 7.05 Å². The molecular formula is C14H26N4O. The van der Waals surface area contributed by atoms with E-state index in [9.17, 15) is 0 Å². The van der Waals surface area contributed by atoms with E-state index >= 15 is 0 Å². The number of aromatic nitrogens is 3. The molecule has 1 aliphatic carbocycles. The minimum absolute atomic E-state index is 0.304. The highest BCUT2D eigenvalue weighted by atomic mass is 16.5. The van der Waals surface area contributed by atoms with Crippen LogP contribution in [0.1, 0.15) is 62.4 Å². The average Bonchev–Trinajstić information content (AvgIpc) is 3.05. The van der Waals surface area contributed by atoms with E-state index in [4.69, 9.17) is 4.74 Å². The summed E-state index contributed by atoms with van der Waals surface area (Å²) < 4.78 is 7.46. The predicted octanol–water partition coefficient (Wildman–Crippen LogP) is 2.25. The van der Waals surface area contributed by atoms with E-state index in [0.29, 0.717) is 18.6 Å². The zero-order valence-electron chi connectivity index (χ0n) is 12.4. The number of ether oxygens (including phenoxy) is 1. The third-order valence-electron chi connectivity index (χ3n) is 4.07. The Bertz CT molecular complexity index is 385. The second kappa shape index (κ2) is 7.01. The standard InChI is InChI=1S/C14H26N4O/c1-4-12(10-19-3)18-14(11-7-5-6-8-11)13(9-15-2)16-17-18/h11-12,15H,4-10H2,1-3H3. The lowest BCUT2D eigenvalue weighted by atomic mass is 10.0. The van der Waals surface area contributed by atoms with Crippen LogP contribution in [0.3, 0.4) is 0 Å². The minimum atomic E-state index is 0.304. The van der Waals surface area contributed by atoms with Crippen LogP contribution in [0.5, 0.6) is 0 Å². The van der Waals surface area contributed by atoms with Gasteiger partial charge in [0.05, 0.1) is 24.0 Å². The molecule has 0 bridgehead atoms. The first-order chi connectivity index (χ1) is 9.31. The number of nitrogens with zero attached hydrogens (tertiary/aromatic N) is 3. The third kappa shape index (κ3) is 3.15. The van der Waals surface area contributed by atoms with Gasteiger partial charge in [0.25, 0.3) is 0 Å². The lowest BCUT2D eigenvalue weighted by molar-refractivity contribution is 0.144. The topological polar surface area (TPSA) is 52.0 Å². The molecule has 1 unspecified atom stereocenters. The van der Waals surface area contributed by atoms with Gasteiger partial charge in [-0.1, -0.05) is 25.0 Å². The first-order valence-electron chi connectivity index (χ1n) is 7.39. The SMILES string of the molecule is CCC(COC)n1nnc(CNC)c1C1CCCC1. The van der Waals surface area contributed by atoms with Crippen molar-refractivity contribution in [2.24, 2.45) is 0 Å². The fourth-order valence-electron chi connectivity index (χ4n) is 3.07. The van der Waals surface area contributed by atoms with E-state index in [1.54, 1.807) is 7.11 Å². The van der Waals surface area contributed by atoms with Crippen molar-refractivity contribution in [3.8, 4) is 0 Å². The fraction of sp³-hybridized carbons (Fsp3) is 0.857. The van der Waals surface area contributed by atoms with Gasteiger partial charge < -0.3 is 10.1 Å². The van der Waals surface area contributed by atoms with Gasteiger partial charge in [-0.15, -0.1) is 5.10 Å². The summed E-state index contributed by atoms with van der Waals surface area (Å²) in [7, 11) is 3.72. The molecule has 1 aromatic rings. The first-order valence-corrected chi connectivity index (χ1v) is 7.39. The quantitative estimate of drug-likeness (QED) is 0.822. The van der Waals surface area contributed by atoms with Gasteiger partial charge in [-0.25, -0.2) is 4.68 Å². The first kappa shape index (κ1) is 14.5. The molecule has 0 radical (unpaired) electrons. The van der Waals surface area contributed by atoms with Crippen LogP contribution < -0.4 is 5.32 Å². The summed E-state index contributed by atoms with van der Waals surface area (Å²) in [4.78, 5) is 0. The molecule has 1 atom stereocenters. The molecule has 0 aliphatic heterocycles. The Morgan fingerprint density at radius 3 is 2.74 bits per heavy atom. The largest absolute Gasteiger partial charge is 0.382 e. The molecule has 0 amide bonds. The van der Waals surface area contributed by atoms with E-state index in [0.717, 1.165) is 18.7 Å². The maximum Gasteiger partial charge on any atom is 0.0999 e. The fourth-order valence-corrected chi connectivity index (χ4v) is 3.07. The van der Waals surface area contributed by atoms with Gasteiger partial charge >= 0.3 is 0 Å². The lowest BCUT2D eigenvalue weighted by Gasteiger charge is -2.20. The van der Waals surface area contributed by atoms with Crippen LogP contribution in [-0.2, 0) is 11.3 Å². The molecule has 0 spiro atoms. The van der Waals surface area contributed by atoms with Gasteiger partial charge in [-0.2, -0.15) is 0 Å². The smallest absolute Gasteiger partial charge is 0.0999 e. The monoisotopic (exact) mass is 266 g/mol. The summed E-state index contributed by atoms with van der Waals surface area (Å²) in [6.07, 6.45) is 6.22. The van der Waals surface area contributed by atoms with Crippen LogP contribution in [0.15, 0.2) is 0 Å². The molecular weight excluding hydrogens is 240 g/mol. The molecule has 19 heavy (non-hydrogen) atoms. The van der Waals surface area contributed by atoms with Gasteiger partial charge in [0, 0.05) is 19.6 Å². The zero-order valence-corrected chi connectivity index (χ0v) is 12.4. The van der Waals surface area contributed by atoms with Crippen LogP contribution in [0.25, 0.3) is 0 Å². The Morgan fingerprint density at radius 1 is 1.42 bits per heavy atom. The van der Waals surface area contributed by atoms with Gasteiger partial charge in [0.15, 0.2) is 0 Å². The van der Waals surface area contributed by atoms with Crippen LogP contribution in [0.2, 0.25) is 0 Å². The van der Waals surface area contributed by atoms with Crippen molar-refractivity contribution >= 4 is 0 Å². The van der Waals surface area contributed by atoms with Crippen molar-refractivity contribution in [2.75, 3.05) is 20.8 Å². The number of nitrogens with one attached hydrogen (secondary N) is 1. The van der Waals surface area contributed by atoms with Gasteiger partial charge in [0.2, 0.25) is 0 Å². The normalized spacial score (nSPS) is 18.1. The molecule has 1 heterocycles. The second-order valence-corrected chi connectivity index (χ2v) is 5.40. The highest BCUT2D eigenvalue weighted by Gasteiger charge is 2.27. The lowest BCUT2D eigenvalue weighted by Crippen LogP contribution is -2.20. The van der Waals surface area contributed by atoms with Crippen LogP contribution in [0, 0.1) is 0 Å². The number of hydrogen-bond donors (Lipinski definition) is 1. The number of rotatable bonds is 7. The van der Waals surface area contributed by atoms with Crippen LogP contribution >= 0.6 is 0 Å². The molecule has 1 aliphatic rings. The maximum atomic E-state index is 5.33. The summed E-state index contributed by atoms with van der Waals surface area (Å²) in [6.45, 7) is 3.69. The molecule has 5 nitrogen and oxygen atoms in total. The highest BCUT2D eigenvalue weighted by Crippen LogP contribution is 2.36. The zero-order chi connectivity index (χ0) is 13.7. The number of methoxy groups -OCH3 is 1. The van der Waals surface area contributed by atoms with Crippen molar-refractivity contribution in [2.45, 2.75) is 57.5 Å². The summed E-state index contributed by atoms with van der Waals surface area (Å²) in [5, 5.41) is 12.0. The maximum absolute atomic E-state index is 5.33. The number of hydrogen-bond acceptors (Lipinski definition) is 4. The van der Waals surface area contributed by atoms with Crippen LogP contribution in [0.4, 0.5) is 0 Å². The molecule has 1 saturated carbocycles. The van der Waals surface area contributed by atoms with Crippen molar-refractivity contribution in [1.29, 1.82) is 0 Å². The minimum Gasteiger partial charge on any atom is -0.382 e. The summed E-state index contributed by atoms with van der Waals surface area (Å²) >= 11 is 0. The Labute approximate surface area is 115 Å². The molecule has 1 N–H and O–H groups in total. The van der Waals surface area contributed by atoms with Crippen molar-refractivity contribution in [3.05, 3.63) is 11.4 Å². The molecule has 1 aromatic heterocycles. The highest BCUT2D eigenvalue weighted by molar-refractivity contribution is 5.17. The van der Waals surface area contributed by atoms with Gasteiger partial charge in [-0.3, -0.25) is 0 Å². The Balaban J connectivity index is 2.30. The average molecular weight is 266 g/mol. The molecule has 1 fully saturated rings. The van der Waals surface area contributed by atoms with E-state index in [-0.39, 0.29) is 0 Å². The summed E-state index contributed by atoms with van der Waals surface area (Å²) in [5.41, 5.74) is 2.46. The van der Waals surface area contributed by atoms with Crippen molar-refractivity contribution in [3.63, 3.8) is 0 Å². The van der Waals surface area contributed by atoms with Crippen molar-refractivity contribution in [1.82, 2.24) is 20.3 Å². The molecule has 0 aromatic carbocycles. The van der Waals surface area contributed by atoms with Gasteiger partial charge in [0.1, 0.15) is 0 Å². The van der Waals surface area contributed by atoms with Gasteiger partial charge in [-0.05, 0) is 26.3 Å². The second-order valence-electron chi connectivity index (χ2n) is 5.40. The Kier molecular flexibility index (Phi) is 5.34. The van der Waals surface area contributed by atoms with Crippen LogP contribution in [-0.4, -0.2) is 35.8 Å². The molecule has 5 heteroatoms. The Morgan fingerprint density at radius 2 is 2.16 bits per heavy atom. The summed E-state index contributed by atoms with van der Waals surface area (Å²) in [5.74, 6) is 0.629. The molecule has 0 saturated heterocycles. The predicted molar refractivity (Wildman–Crippen MR) is 75.2 cm³/mol. The molecule has 108 valence electrons. The van der Waals surface area contributed by atoms with Crippen molar-refractivity contribution < 1.29 is 4.74 Å². The third-order valence-corrected chi connectivity index (χ3v) is 4.07. The Hall–Kier alpha value is -0.940. The van der Waals surface area contributed by atoms with E-state index < -0.39 is 0 Å². The molecule has 2 rings (SSSR count). The van der Waals surface area contributed by atoms with E-state index in [1.165, 1.54) is 31.4 Å².